The van der Waals surface area contributed by atoms with Crippen LogP contribution in [0.25, 0.3) is 5.57 Å². The van der Waals surface area contributed by atoms with Gasteiger partial charge in [0.1, 0.15) is 0 Å². The van der Waals surface area contributed by atoms with Crippen LogP contribution in [0.15, 0.2) is 36.5 Å². The van der Waals surface area contributed by atoms with E-state index in [1.54, 1.807) is 6.20 Å². The Morgan fingerprint density at radius 2 is 2.07 bits per heavy atom. The lowest BCUT2D eigenvalue weighted by molar-refractivity contribution is -0.135. The molecule has 0 aromatic heterocycles. The van der Waals surface area contributed by atoms with Gasteiger partial charge in [-0.25, -0.2) is 0 Å². The highest BCUT2D eigenvalue weighted by Gasteiger charge is 2.05. The third kappa shape index (κ3) is 3.37. The zero-order valence-electron chi connectivity index (χ0n) is 7.40. The summed E-state index contributed by atoms with van der Waals surface area (Å²) in [6.07, 6.45) is 1.73. The summed E-state index contributed by atoms with van der Waals surface area (Å²) in [5.74, 6) is -0.827. The second kappa shape index (κ2) is 5.64. The molecule has 0 amide bonds. The maximum absolute atomic E-state index is 10.6. The largest absolute Gasteiger partial charge is 0.481 e. The van der Waals surface area contributed by atoms with Crippen molar-refractivity contribution in [3.63, 3.8) is 0 Å². The van der Waals surface area contributed by atoms with Gasteiger partial charge in [-0.15, -0.1) is 0 Å². The van der Waals surface area contributed by atoms with Crippen LogP contribution in [0.2, 0.25) is 0 Å². The average molecular weight is 303 g/mol. The highest BCUT2D eigenvalue weighted by Crippen LogP contribution is 2.17. The lowest BCUT2D eigenvalue weighted by atomic mass is 10.0. The van der Waals surface area contributed by atoms with Gasteiger partial charge < -0.3 is 8.64 Å². The number of rotatable bonds is 4. The predicted molar refractivity (Wildman–Crippen MR) is 63.8 cm³/mol. The maximum Gasteiger partial charge on any atom is 0.307 e. The first-order valence-corrected chi connectivity index (χ1v) is 5.14. The summed E-state index contributed by atoms with van der Waals surface area (Å²) < 4.78 is 2.82. The van der Waals surface area contributed by atoms with Crippen LogP contribution in [0.5, 0.6) is 0 Å². The third-order valence-corrected chi connectivity index (χ3v) is 2.03. The molecule has 0 aliphatic carbocycles. The van der Waals surface area contributed by atoms with Crippen molar-refractivity contribution in [3.05, 3.63) is 42.1 Å². The molecule has 0 saturated carbocycles. The zero-order chi connectivity index (χ0) is 10.4. The number of carbonyl (C=O) groups is 1. The Labute approximate surface area is 96.3 Å². The Kier molecular flexibility index (Phi) is 4.45. The van der Waals surface area contributed by atoms with Crippen molar-refractivity contribution in [3.8, 4) is 0 Å². The molecule has 4 heteroatoms. The molecule has 0 fully saturated rings. The summed E-state index contributed by atoms with van der Waals surface area (Å²) in [7, 11) is 0. The Morgan fingerprint density at radius 3 is 2.57 bits per heavy atom. The Morgan fingerprint density at radius 1 is 1.43 bits per heavy atom. The molecule has 0 atom stereocenters. The Bertz CT molecular complexity index is 335. The van der Waals surface area contributed by atoms with Gasteiger partial charge in [0, 0.05) is 6.20 Å². The van der Waals surface area contributed by atoms with Gasteiger partial charge in [-0.2, -0.15) is 0 Å². The first-order chi connectivity index (χ1) is 6.74. The fraction of sp³-hybridized carbons (Fsp3) is 0.100. The van der Waals surface area contributed by atoms with E-state index in [4.69, 9.17) is 5.11 Å². The molecule has 0 bridgehead atoms. The van der Waals surface area contributed by atoms with E-state index in [-0.39, 0.29) is 6.42 Å². The SMILES string of the molecule is O=C(O)C/C(=C/NI)c1ccccc1. The van der Waals surface area contributed by atoms with Crippen LogP contribution in [0.3, 0.4) is 0 Å². The Hall–Kier alpha value is -1.04. The summed E-state index contributed by atoms with van der Waals surface area (Å²) in [5.41, 5.74) is 1.70. The molecule has 0 unspecified atom stereocenters. The normalized spacial score (nSPS) is 11.1. The van der Waals surface area contributed by atoms with E-state index in [1.807, 2.05) is 53.2 Å². The smallest absolute Gasteiger partial charge is 0.307 e. The number of hydrogen-bond donors (Lipinski definition) is 2. The predicted octanol–water partition coefficient (Wildman–Crippen LogP) is 2.44. The van der Waals surface area contributed by atoms with Gasteiger partial charge in [0.15, 0.2) is 0 Å². The van der Waals surface area contributed by atoms with E-state index in [1.165, 1.54) is 0 Å². The van der Waals surface area contributed by atoms with Crippen molar-refractivity contribution >= 4 is 34.4 Å². The second-order valence-corrected chi connectivity index (χ2v) is 3.34. The molecular weight excluding hydrogens is 293 g/mol. The molecule has 74 valence electrons. The van der Waals surface area contributed by atoms with Gasteiger partial charge in [0.25, 0.3) is 0 Å². The third-order valence-electron chi connectivity index (χ3n) is 1.72. The van der Waals surface area contributed by atoms with Crippen molar-refractivity contribution < 1.29 is 9.90 Å². The minimum Gasteiger partial charge on any atom is -0.481 e. The van der Waals surface area contributed by atoms with Crippen LogP contribution >= 0.6 is 22.9 Å². The Balaban J connectivity index is 2.89. The first-order valence-electron chi connectivity index (χ1n) is 4.06. The summed E-state index contributed by atoms with van der Waals surface area (Å²) in [4.78, 5) is 10.6. The van der Waals surface area contributed by atoms with E-state index in [2.05, 4.69) is 3.53 Å². The topological polar surface area (TPSA) is 49.3 Å². The van der Waals surface area contributed by atoms with Gasteiger partial charge >= 0.3 is 5.97 Å². The molecular formula is C10H10INO2. The lowest BCUT2D eigenvalue weighted by Crippen LogP contribution is -1.99. The van der Waals surface area contributed by atoms with Crippen molar-refractivity contribution in [2.24, 2.45) is 0 Å². The lowest BCUT2D eigenvalue weighted by Gasteiger charge is -2.03. The van der Waals surface area contributed by atoms with E-state index in [0.717, 1.165) is 11.1 Å². The van der Waals surface area contributed by atoms with Crippen molar-refractivity contribution in [2.45, 2.75) is 6.42 Å². The van der Waals surface area contributed by atoms with Crippen molar-refractivity contribution in [1.29, 1.82) is 0 Å². The molecule has 2 N–H and O–H groups in total. The number of carboxylic acids is 1. The van der Waals surface area contributed by atoms with Gasteiger partial charge in [-0.05, 0) is 11.1 Å². The summed E-state index contributed by atoms with van der Waals surface area (Å²) in [6.45, 7) is 0. The molecule has 0 aliphatic rings. The molecule has 1 aromatic rings. The van der Waals surface area contributed by atoms with Crippen LogP contribution in [0.4, 0.5) is 0 Å². The molecule has 14 heavy (non-hydrogen) atoms. The molecule has 0 aliphatic heterocycles. The van der Waals surface area contributed by atoms with Gasteiger partial charge in [0.05, 0.1) is 29.3 Å². The maximum atomic E-state index is 10.6. The zero-order valence-corrected chi connectivity index (χ0v) is 9.56. The first kappa shape index (κ1) is 11.0. The molecule has 0 saturated heterocycles. The average Bonchev–Trinajstić information content (AvgIpc) is 2.18. The van der Waals surface area contributed by atoms with Crippen molar-refractivity contribution in [1.82, 2.24) is 3.53 Å². The number of nitrogens with one attached hydrogen (secondary N) is 1. The van der Waals surface area contributed by atoms with Crippen LogP contribution in [0, 0.1) is 0 Å². The second-order valence-electron chi connectivity index (χ2n) is 2.72. The van der Waals surface area contributed by atoms with Gasteiger partial charge in [0.2, 0.25) is 0 Å². The minimum absolute atomic E-state index is 0.0278. The number of hydrogen-bond acceptors (Lipinski definition) is 2. The fourth-order valence-corrected chi connectivity index (χ4v) is 1.49. The standard InChI is InChI=1S/C10H10INO2/c11-12-7-9(6-10(13)14)8-4-2-1-3-5-8/h1-5,7,12H,6H2,(H,13,14)/b9-7-. The molecule has 0 heterocycles. The summed E-state index contributed by atoms with van der Waals surface area (Å²) in [5, 5.41) is 8.70. The van der Waals surface area contributed by atoms with Crippen LogP contribution in [0.1, 0.15) is 12.0 Å². The van der Waals surface area contributed by atoms with Gasteiger partial charge in [-0.1, -0.05) is 30.3 Å². The molecule has 0 spiro atoms. The van der Waals surface area contributed by atoms with Crippen molar-refractivity contribution in [2.75, 3.05) is 0 Å². The molecule has 3 nitrogen and oxygen atoms in total. The minimum atomic E-state index is -0.827. The van der Waals surface area contributed by atoms with E-state index >= 15 is 0 Å². The molecule has 1 aromatic carbocycles. The van der Waals surface area contributed by atoms with Crippen LogP contribution in [-0.2, 0) is 4.79 Å². The monoisotopic (exact) mass is 303 g/mol. The highest BCUT2D eigenvalue weighted by atomic mass is 127. The van der Waals surface area contributed by atoms with Gasteiger partial charge in [-0.3, -0.25) is 4.79 Å². The molecule has 1 rings (SSSR count). The fourth-order valence-electron chi connectivity index (χ4n) is 1.12. The number of carboxylic acid groups (broad SMARTS) is 1. The number of benzene rings is 1. The quantitative estimate of drug-likeness (QED) is 0.663. The van der Waals surface area contributed by atoms with Crippen LogP contribution < -0.4 is 3.53 Å². The highest BCUT2D eigenvalue weighted by molar-refractivity contribution is 14.1. The molecule has 0 radical (unpaired) electrons. The number of halogens is 1. The number of aliphatic carboxylic acids is 1. The van der Waals surface area contributed by atoms with Crippen LogP contribution in [-0.4, -0.2) is 11.1 Å². The van der Waals surface area contributed by atoms with E-state index < -0.39 is 5.97 Å². The van der Waals surface area contributed by atoms with E-state index in [9.17, 15) is 4.79 Å². The van der Waals surface area contributed by atoms with E-state index in [0.29, 0.717) is 0 Å². The summed E-state index contributed by atoms with van der Waals surface area (Å²) >= 11 is 1.96. The summed E-state index contributed by atoms with van der Waals surface area (Å²) in [6, 6.07) is 9.46.